The Kier molecular flexibility index (Phi) is 4.25. The molecular weight excluding hydrogens is 306 g/mol. The number of halogens is 1. The first-order valence-electron chi connectivity index (χ1n) is 7.51. The van der Waals surface area contributed by atoms with Crippen LogP contribution in [-0.2, 0) is 16.0 Å². The Morgan fingerprint density at radius 2 is 2.14 bits per heavy atom. The molecule has 22 heavy (non-hydrogen) atoms. The monoisotopic (exact) mass is 323 g/mol. The van der Waals surface area contributed by atoms with Gasteiger partial charge in [-0.15, -0.1) is 0 Å². The van der Waals surface area contributed by atoms with Crippen molar-refractivity contribution in [2.45, 2.75) is 31.7 Å². The molecule has 0 aromatic heterocycles. The van der Waals surface area contributed by atoms with Crippen LogP contribution in [0.25, 0.3) is 0 Å². The van der Waals surface area contributed by atoms with E-state index in [2.05, 4.69) is 0 Å². The maximum absolute atomic E-state index is 12.7. The van der Waals surface area contributed by atoms with Crippen molar-refractivity contribution in [2.75, 3.05) is 13.2 Å². The lowest BCUT2D eigenvalue weighted by atomic mass is 9.93. The first-order valence-corrected chi connectivity index (χ1v) is 7.88. The molecule has 5 nitrogen and oxygen atoms in total. The molecule has 0 radical (unpaired) electrons. The number of likely N-dealkylation sites (tertiary alicyclic amines) is 1. The number of hydrogen-bond acceptors (Lipinski definition) is 3. The van der Waals surface area contributed by atoms with Crippen LogP contribution in [0.15, 0.2) is 18.2 Å². The standard InChI is InChI=1S/C16H18ClNO4/c17-12-4-5-14-10(8-12)7-11(9-22-14)15(19)18-6-2-1-3-13(18)16(20)21/h4-5,8,11,13H,1-3,6-7,9H2,(H,20,21). The van der Waals surface area contributed by atoms with Gasteiger partial charge in [0.1, 0.15) is 18.4 Å². The molecule has 0 spiro atoms. The van der Waals surface area contributed by atoms with E-state index in [4.69, 9.17) is 16.3 Å². The topological polar surface area (TPSA) is 66.8 Å². The largest absolute Gasteiger partial charge is 0.492 e. The molecule has 1 saturated heterocycles. The molecule has 2 aliphatic heterocycles. The molecule has 1 amide bonds. The average Bonchev–Trinajstić information content (AvgIpc) is 2.53. The van der Waals surface area contributed by atoms with Gasteiger partial charge in [0.25, 0.3) is 0 Å². The molecule has 2 atom stereocenters. The van der Waals surface area contributed by atoms with E-state index < -0.39 is 12.0 Å². The first-order chi connectivity index (χ1) is 10.6. The Morgan fingerprint density at radius 3 is 2.91 bits per heavy atom. The molecule has 118 valence electrons. The maximum atomic E-state index is 12.7. The predicted octanol–water partition coefficient (Wildman–Crippen LogP) is 2.36. The number of nitrogens with zero attached hydrogens (tertiary/aromatic N) is 1. The van der Waals surface area contributed by atoms with Gasteiger partial charge < -0.3 is 14.7 Å². The molecule has 0 bridgehead atoms. The number of fused-ring (bicyclic) bond motifs is 1. The van der Waals surface area contributed by atoms with Crippen molar-refractivity contribution in [3.63, 3.8) is 0 Å². The highest BCUT2D eigenvalue weighted by atomic mass is 35.5. The van der Waals surface area contributed by atoms with Crippen molar-refractivity contribution in [1.29, 1.82) is 0 Å². The molecule has 0 aliphatic carbocycles. The smallest absolute Gasteiger partial charge is 0.326 e. The van der Waals surface area contributed by atoms with Gasteiger partial charge in [-0.2, -0.15) is 0 Å². The number of piperidine rings is 1. The minimum atomic E-state index is -0.923. The summed E-state index contributed by atoms with van der Waals surface area (Å²) in [5.74, 6) is -0.640. The molecule has 1 aromatic rings. The Bertz CT molecular complexity index is 604. The summed E-state index contributed by atoms with van der Waals surface area (Å²) in [6.07, 6.45) is 2.76. The number of carbonyl (C=O) groups is 2. The fourth-order valence-corrected chi connectivity index (χ4v) is 3.40. The molecule has 2 heterocycles. The van der Waals surface area contributed by atoms with Crippen LogP contribution in [0.5, 0.6) is 5.75 Å². The summed E-state index contributed by atoms with van der Waals surface area (Å²) >= 11 is 5.99. The van der Waals surface area contributed by atoms with Crippen molar-refractivity contribution in [2.24, 2.45) is 5.92 Å². The number of amides is 1. The summed E-state index contributed by atoms with van der Waals surface area (Å²) in [5, 5.41) is 9.92. The number of aliphatic carboxylic acids is 1. The van der Waals surface area contributed by atoms with Crippen LogP contribution < -0.4 is 4.74 Å². The molecule has 2 unspecified atom stereocenters. The van der Waals surface area contributed by atoms with Gasteiger partial charge in [-0.05, 0) is 49.4 Å². The lowest BCUT2D eigenvalue weighted by molar-refractivity contribution is -0.154. The number of benzene rings is 1. The predicted molar refractivity (Wildman–Crippen MR) is 81.1 cm³/mol. The van der Waals surface area contributed by atoms with Crippen molar-refractivity contribution in [1.82, 2.24) is 4.90 Å². The zero-order chi connectivity index (χ0) is 15.7. The van der Waals surface area contributed by atoms with Crippen LogP contribution in [0.2, 0.25) is 5.02 Å². The van der Waals surface area contributed by atoms with E-state index in [9.17, 15) is 14.7 Å². The van der Waals surface area contributed by atoms with Gasteiger partial charge in [-0.25, -0.2) is 4.79 Å². The summed E-state index contributed by atoms with van der Waals surface area (Å²) in [4.78, 5) is 25.6. The number of ether oxygens (including phenoxy) is 1. The van der Waals surface area contributed by atoms with Crippen LogP contribution in [0.4, 0.5) is 0 Å². The third-order valence-corrected chi connectivity index (χ3v) is 4.58. The average molecular weight is 324 g/mol. The van der Waals surface area contributed by atoms with Gasteiger partial charge in [-0.3, -0.25) is 4.79 Å². The Morgan fingerprint density at radius 1 is 1.32 bits per heavy atom. The summed E-state index contributed by atoms with van der Waals surface area (Å²) < 4.78 is 5.65. The number of carboxylic acids is 1. The lowest BCUT2D eigenvalue weighted by Crippen LogP contribution is -2.51. The second kappa shape index (κ2) is 6.16. The minimum Gasteiger partial charge on any atom is -0.492 e. The lowest BCUT2D eigenvalue weighted by Gasteiger charge is -2.36. The summed E-state index contributed by atoms with van der Waals surface area (Å²) in [6.45, 7) is 0.797. The van der Waals surface area contributed by atoms with Gasteiger partial charge in [0.15, 0.2) is 0 Å². The maximum Gasteiger partial charge on any atom is 0.326 e. The molecule has 2 aliphatic rings. The Hall–Kier alpha value is -1.75. The highest BCUT2D eigenvalue weighted by Crippen LogP contribution is 2.31. The van der Waals surface area contributed by atoms with Crippen molar-refractivity contribution in [3.05, 3.63) is 28.8 Å². The number of hydrogen-bond donors (Lipinski definition) is 1. The van der Waals surface area contributed by atoms with Crippen LogP contribution in [-0.4, -0.2) is 41.1 Å². The van der Waals surface area contributed by atoms with E-state index in [1.54, 1.807) is 18.2 Å². The van der Waals surface area contributed by atoms with E-state index >= 15 is 0 Å². The van der Waals surface area contributed by atoms with Gasteiger partial charge in [0.05, 0.1) is 5.92 Å². The van der Waals surface area contributed by atoms with E-state index in [1.807, 2.05) is 0 Å². The Balaban J connectivity index is 1.76. The van der Waals surface area contributed by atoms with Crippen molar-refractivity contribution >= 4 is 23.5 Å². The quantitative estimate of drug-likeness (QED) is 0.907. The molecule has 1 aromatic carbocycles. The number of rotatable bonds is 2. The normalized spacial score (nSPS) is 24.3. The summed E-state index contributed by atoms with van der Waals surface area (Å²) in [5.41, 5.74) is 0.904. The molecule has 6 heteroatoms. The third kappa shape index (κ3) is 2.90. The number of carbonyl (C=O) groups excluding carboxylic acids is 1. The third-order valence-electron chi connectivity index (χ3n) is 4.35. The van der Waals surface area contributed by atoms with Crippen LogP contribution in [0.3, 0.4) is 0 Å². The molecular formula is C16H18ClNO4. The first kappa shape index (κ1) is 15.2. The van der Waals surface area contributed by atoms with Gasteiger partial charge in [0.2, 0.25) is 5.91 Å². The second-order valence-electron chi connectivity index (χ2n) is 5.85. The minimum absolute atomic E-state index is 0.127. The van der Waals surface area contributed by atoms with E-state index in [0.717, 1.165) is 24.2 Å². The molecule has 1 N–H and O–H groups in total. The summed E-state index contributed by atoms with van der Waals surface area (Å²) in [6, 6.07) is 4.66. The zero-order valence-corrected chi connectivity index (χ0v) is 12.9. The van der Waals surface area contributed by atoms with Crippen molar-refractivity contribution in [3.8, 4) is 5.75 Å². The fraction of sp³-hybridized carbons (Fsp3) is 0.500. The highest BCUT2D eigenvalue weighted by Gasteiger charge is 2.37. The second-order valence-corrected chi connectivity index (χ2v) is 6.28. The molecule has 1 fully saturated rings. The van der Waals surface area contributed by atoms with Crippen LogP contribution in [0, 0.1) is 5.92 Å². The van der Waals surface area contributed by atoms with Gasteiger partial charge >= 0.3 is 5.97 Å². The van der Waals surface area contributed by atoms with E-state index in [1.165, 1.54) is 4.90 Å². The van der Waals surface area contributed by atoms with E-state index in [0.29, 0.717) is 24.4 Å². The van der Waals surface area contributed by atoms with Crippen LogP contribution in [0.1, 0.15) is 24.8 Å². The summed E-state index contributed by atoms with van der Waals surface area (Å²) in [7, 11) is 0. The zero-order valence-electron chi connectivity index (χ0n) is 12.1. The number of carboxylic acid groups (broad SMARTS) is 1. The van der Waals surface area contributed by atoms with Crippen molar-refractivity contribution < 1.29 is 19.4 Å². The highest BCUT2D eigenvalue weighted by molar-refractivity contribution is 6.30. The molecule has 3 rings (SSSR count). The van der Waals surface area contributed by atoms with E-state index in [-0.39, 0.29) is 18.4 Å². The van der Waals surface area contributed by atoms with Gasteiger partial charge in [0, 0.05) is 11.6 Å². The SMILES string of the molecule is O=C(O)C1CCCCN1C(=O)C1COc2ccc(Cl)cc2C1. The fourth-order valence-electron chi connectivity index (χ4n) is 3.21. The Labute approximate surface area is 133 Å². The molecule has 0 saturated carbocycles. The van der Waals surface area contributed by atoms with Crippen LogP contribution >= 0.6 is 11.6 Å². The van der Waals surface area contributed by atoms with Gasteiger partial charge in [-0.1, -0.05) is 11.6 Å².